The maximum absolute atomic E-state index is 11.9. The zero-order chi connectivity index (χ0) is 16.7. The molecule has 23 heavy (non-hydrogen) atoms. The van der Waals surface area contributed by atoms with E-state index in [4.69, 9.17) is 4.74 Å². The first kappa shape index (κ1) is 17.0. The van der Waals surface area contributed by atoms with E-state index in [2.05, 4.69) is 20.8 Å². The lowest BCUT2D eigenvalue weighted by Gasteiger charge is -2.07. The molecule has 2 N–H and O–H groups in total. The number of aryl methyl sites for hydroxylation is 1. The highest BCUT2D eigenvalue weighted by Crippen LogP contribution is 2.16. The molecular weight excluding hydrogens is 318 g/mol. The van der Waals surface area contributed by atoms with E-state index in [-0.39, 0.29) is 24.2 Å². The van der Waals surface area contributed by atoms with Crippen molar-refractivity contribution in [1.82, 2.24) is 14.8 Å². The molecule has 0 aliphatic carbocycles. The summed E-state index contributed by atoms with van der Waals surface area (Å²) in [5, 5.41) is 13.8. The van der Waals surface area contributed by atoms with Crippen LogP contribution in [-0.4, -0.2) is 46.0 Å². The Hall–Kier alpha value is -2.39. The second-order valence-electron chi connectivity index (χ2n) is 4.62. The number of nitrogens with one attached hydrogen (secondary N) is 2. The van der Waals surface area contributed by atoms with Gasteiger partial charge >= 0.3 is 0 Å². The predicted molar refractivity (Wildman–Crippen MR) is 87.3 cm³/mol. The van der Waals surface area contributed by atoms with Crippen molar-refractivity contribution in [2.75, 3.05) is 30.1 Å². The number of ether oxygens (including phenoxy) is 1. The Morgan fingerprint density at radius 2 is 1.78 bits per heavy atom. The molecule has 9 heteroatoms. The summed E-state index contributed by atoms with van der Waals surface area (Å²) in [6.07, 6.45) is 1.58. The highest BCUT2D eigenvalue weighted by Gasteiger charge is 2.07. The number of hydrogen-bond acceptors (Lipinski definition) is 6. The summed E-state index contributed by atoms with van der Waals surface area (Å²) >= 11 is 1.30. The van der Waals surface area contributed by atoms with Gasteiger partial charge in [-0.1, -0.05) is 11.8 Å². The molecule has 2 rings (SSSR count). The molecule has 0 saturated heterocycles. The predicted octanol–water partition coefficient (Wildman–Crippen LogP) is 1.13. The summed E-state index contributed by atoms with van der Waals surface area (Å²) in [4.78, 5) is 23.3. The molecule has 122 valence electrons. The van der Waals surface area contributed by atoms with Gasteiger partial charge < -0.3 is 19.9 Å². The third-order valence-electron chi connectivity index (χ3n) is 2.73. The second-order valence-corrected chi connectivity index (χ2v) is 5.56. The molecule has 1 heterocycles. The summed E-state index contributed by atoms with van der Waals surface area (Å²) in [5.41, 5.74) is 1.29. The van der Waals surface area contributed by atoms with E-state index in [0.29, 0.717) is 16.5 Å². The summed E-state index contributed by atoms with van der Waals surface area (Å²) in [5.74, 6) is -0.141. The molecule has 0 radical (unpaired) electrons. The average Bonchev–Trinajstić information content (AvgIpc) is 2.93. The fraction of sp³-hybridized carbons (Fsp3) is 0.286. The Kier molecular flexibility index (Phi) is 6.12. The standard InChI is InChI=1S/C14H17N5O3S/c1-19-9-15-18-14(19)23-8-13(21)17-11-5-3-10(4-6-11)16-12(20)7-22-2/h3-6,9H,7-8H2,1-2H3,(H,16,20)(H,17,21). The van der Waals surface area contributed by atoms with Crippen LogP contribution < -0.4 is 10.6 Å². The maximum atomic E-state index is 11.9. The number of aromatic nitrogens is 3. The van der Waals surface area contributed by atoms with E-state index in [1.807, 2.05) is 7.05 Å². The van der Waals surface area contributed by atoms with Crippen LogP contribution in [0.15, 0.2) is 35.7 Å². The first-order chi connectivity index (χ1) is 11.1. The van der Waals surface area contributed by atoms with Gasteiger partial charge in [-0.3, -0.25) is 9.59 Å². The van der Waals surface area contributed by atoms with Crippen molar-refractivity contribution in [2.24, 2.45) is 7.05 Å². The van der Waals surface area contributed by atoms with Crippen molar-refractivity contribution in [3.05, 3.63) is 30.6 Å². The Morgan fingerprint density at radius 1 is 1.17 bits per heavy atom. The molecule has 0 spiro atoms. The van der Waals surface area contributed by atoms with E-state index < -0.39 is 0 Å². The molecule has 0 atom stereocenters. The maximum Gasteiger partial charge on any atom is 0.250 e. The first-order valence-electron chi connectivity index (χ1n) is 6.74. The van der Waals surface area contributed by atoms with E-state index in [0.717, 1.165) is 0 Å². The van der Waals surface area contributed by atoms with Crippen LogP contribution in [0.1, 0.15) is 0 Å². The van der Waals surface area contributed by atoms with Crippen LogP contribution in [0.5, 0.6) is 0 Å². The van der Waals surface area contributed by atoms with Gasteiger partial charge in [-0.2, -0.15) is 0 Å². The number of amides is 2. The molecule has 2 aromatic rings. The SMILES string of the molecule is COCC(=O)Nc1ccc(NC(=O)CSc2nncn2C)cc1. The third-order valence-corrected chi connectivity index (χ3v) is 3.76. The Morgan fingerprint density at radius 3 is 2.30 bits per heavy atom. The smallest absolute Gasteiger partial charge is 0.250 e. The normalized spacial score (nSPS) is 10.3. The van der Waals surface area contributed by atoms with Crippen LogP contribution in [0.2, 0.25) is 0 Å². The molecule has 1 aromatic heterocycles. The lowest BCUT2D eigenvalue weighted by molar-refractivity contribution is -0.119. The van der Waals surface area contributed by atoms with Gasteiger partial charge in [0.25, 0.3) is 0 Å². The topological polar surface area (TPSA) is 98.1 Å². The highest BCUT2D eigenvalue weighted by molar-refractivity contribution is 7.99. The van der Waals surface area contributed by atoms with Gasteiger partial charge in [0.2, 0.25) is 11.8 Å². The number of methoxy groups -OCH3 is 1. The Bertz CT molecular complexity index is 671. The first-order valence-corrected chi connectivity index (χ1v) is 7.72. The summed E-state index contributed by atoms with van der Waals surface area (Å²) in [6, 6.07) is 6.85. The summed E-state index contributed by atoms with van der Waals surface area (Å²) in [6.45, 7) is -0.00222. The minimum atomic E-state index is -0.232. The largest absolute Gasteiger partial charge is 0.375 e. The van der Waals surface area contributed by atoms with Crippen molar-refractivity contribution in [2.45, 2.75) is 5.16 Å². The Balaban J connectivity index is 1.82. The molecule has 0 aliphatic rings. The molecule has 1 aromatic carbocycles. The van der Waals surface area contributed by atoms with Crippen molar-refractivity contribution in [3.8, 4) is 0 Å². The highest BCUT2D eigenvalue weighted by atomic mass is 32.2. The molecule has 0 aliphatic heterocycles. The van der Waals surface area contributed by atoms with E-state index in [1.54, 1.807) is 35.2 Å². The van der Waals surface area contributed by atoms with Crippen LogP contribution in [-0.2, 0) is 21.4 Å². The lowest BCUT2D eigenvalue weighted by Crippen LogP contribution is -2.17. The average molecular weight is 335 g/mol. The van der Waals surface area contributed by atoms with Crippen molar-refractivity contribution in [1.29, 1.82) is 0 Å². The van der Waals surface area contributed by atoms with Crippen LogP contribution in [0.4, 0.5) is 11.4 Å². The number of rotatable bonds is 7. The zero-order valence-electron chi connectivity index (χ0n) is 12.8. The summed E-state index contributed by atoms with van der Waals surface area (Å²) in [7, 11) is 3.27. The van der Waals surface area contributed by atoms with Gasteiger partial charge in [-0.25, -0.2) is 0 Å². The van der Waals surface area contributed by atoms with Crippen molar-refractivity contribution >= 4 is 35.0 Å². The molecule has 0 fully saturated rings. The molecular formula is C14H17N5O3S. The number of carbonyl (C=O) groups excluding carboxylic acids is 2. The fourth-order valence-corrected chi connectivity index (χ4v) is 2.38. The number of benzene rings is 1. The number of thioether (sulfide) groups is 1. The molecule has 2 amide bonds. The van der Waals surface area contributed by atoms with Gasteiger partial charge in [0, 0.05) is 25.5 Å². The fourth-order valence-electron chi connectivity index (χ4n) is 1.70. The Labute approximate surface area is 137 Å². The molecule has 0 unspecified atom stereocenters. The van der Waals surface area contributed by atoms with E-state index >= 15 is 0 Å². The molecule has 0 bridgehead atoms. The lowest BCUT2D eigenvalue weighted by atomic mass is 10.2. The van der Waals surface area contributed by atoms with E-state index in [1.165, 1.54) is 18.9 Å². The zero-order valence-corrected chi connectivity index (χ0v) is 13.6. The van der Waals surface area contributed by atoms with Gasteiger partial charge in [-0.15, -0.1) is 10.2 Å². The van der Waals surface area contributed by atoms with Gasteiger partial charge in [0.15, 0.2) is 5.16 Å². The number of nitrogens with zero attached hydrogens (tertiary/aromatic N) is 3. The van der Waals surface area contributed by atoms with Gasteiger partial charge in [-0.05, 0) is 24.3 Å². The van der Waals surface area contributed by atoms with Crippen LogP contribution >= 0.6 is 11.8 Å². The molecule has 0 saturated carbocycles. The van der Waals surface area contributed by atoms with Crippen molar-refractivity contribution in [3.63, 3.8) is 0 Å². The summed E-state index contributed by atoms with van der Waals surface area (Å²) < 4.78 is 6.48. The third kappa shape index (κ3) is 5.38. The minimum absolute atomic E-state index is 0.00222. The monoisotopic (exact) mass is 335 g/mol. The van der Waals surface area contributed by atoms with Crippen molar-refractivity contribution < 1.29 is 14.3 Å². The number of hydrogen-bond donors (Lipinski definition) is 2. The quantitative estimate of drug-likeness (QED) is 0.736. The van der Waals surface area contributed by atoms with Gasteiger partial charge in [0.1, 0.15) is 12.9 Å². The number of anilines is 2. The van der Waals surface area contributed by atoms with Crippen LogP contribution in [0.25, 0.3) is 0 Å². The minimum Gasteiger partial charge on any atom is -0.375 e. The van der Waals surface area contributed by atoms with Crippen LogP contribution in [0.3, 0.4) is 0 Å². The number of carbonyl (C=O) groups is 2. The van der Waals surface area contributed by atoms with Gasteiger partial charge in [0.05, 0.1) is 5.75 Å². The van der Waals surface area contributed by atoms with E-state index in [9.17, 15) is 9.59 Å². The second kappa shape index (κ2) is 8.30. The molecule has 8 nitrogen and oxygen atoms in total. The van der Waals surface area contributed by atoms with Crippen LogP contribution in [0, 0.1) is 0 Å².